The quantitative estimate of drug-likeness (QED) is 0.815. The molecule has 4 fully saturated rings. The van der Waals surface area contributed by atoms with Crippen molar-refractivity contribution < 1.29 is 0 Å². The average Bonchev–Trinajstić information content (AvgIpc) is 2.76. The van der Waals surface area contributed by atoms with Gasteiger partial charge in [0.05, 0.1) is 6.04 Å². The predicted octanol–water partition coefficient (Wildman–Crippen LogP) is 2.89. The maximum Gasteiger partial charge on any atom is 0.157 e. The van der Waals surface area contributed by atoms with E-state index in [0.29, 0.717) is 12.1 Å². The molecule has 3 aliphatic carbocycles. The number of aliphatic imine (C=N–C) groups is 1. The van der Waals surface area contributed by atoms with Crippen LogP contribution in [0, 0.1) is 23.7 Å². The van der Waals surface area contributed by atoms with Crippen molar-refractivity contribution in [3.05, 3.63) is 0 Å². The van der Waals surface area contributed by atoms with E-state index >= 15 is 0 Å². The Balaban J connectivity index is 1.44. The summed E-state index contributed by atoms with van der Waals surface area (Å²) in [5.74, 6) is 5.35. The summed E-state index contributed by atoms with van der Waals surface area (Å²) < 4.78 is 0. The summed E-state index contributed by atoms with van der Waals surface area (Å²) in [7, 11) is 0. The number of thioether (sulfide) groups is 1. The smallest absolute Gasteiger partial charge is 0.157 e. The zero-order chi connectivity index (χ0) is 11.4. The molecule has 2 bridgehead atoms. The molecule has 5 atom stereocenters. The Bertz CT molecular complexity index is 338. The lowest BCUT2D eigenvalue weighted by molar-refractivity contribution is 0.456. The molecule has 3 heteroatoms. The van der Waals surface area contributed by atoms with Crippen molar-refractivity contribution in [2.45, 2.75) is 51.1 Å². The predicted molar refractivity (Wildman–Crippen MR) is 73.3 cm³/mol. The number of amidine groups is 1. The average molecular weight is 250 g/mol. The van der Waals surface area contributed by atoms with E-state index in [-0.39, 0.29) is 0 Å². The lowest BCUT2D eigenvalue weighted by atomic mass is 10.0. The summed E-state index contributed by atoms with van der Waals surface area (Å²) >= 11 is 1.95. The lowest BCUT2D eigenvalue weighted by Gasteiger charge is -2.24. The number of hydrogen-bond donors (Lipinski definition) is 1. The first-order valence-corrected chi connectivity index (χ1v) is 8.32. The van der Waals surface area contributed by atoms with Crippen LogP contribution >= 0.6 is 11.8 Å². The molecule has 4 rings (SSSR count). The van der Waals surface area contributed by atoms with Crippen LogP contribution in [0.2, 0.25) is 0 Å². The second kappa shape index (κ2) is 3.91. The van der Waals surface area contributed by atoms with Gasteiger partial charge in [0.15, 0.2) is 5.17 Å². The molecule has 0 radical (unpaired) electrons. The van der Waals surface area contributed by atoms with E-state index in [4.69, 9.17) is 4.99 Å². The summed E-state index contributed by atoms with van der Waals surface area (Å²) in [4.78, 5) is 5.04. The molecule has 3 saturated carbocycles. The second-order valence-electron chi connectivity index (χ2n) is 6.30. The molecule has 0 aromatic heterocycles. The Morgan fingerprint density at radius 2 is 2.00 bits per heavy atom. The Morgan fingerprint density at radius 3 is 2.71 bits per heavy atom. The van der Waals surface area contributed by atoms with Crippen molar-refractivity contribution in [3.8, 4) is 0 Å². The number of nitrogens with zero attached hydrogens (tertiary/aromatic N) is 1. The highest BCUT2D eigenvalue weighted by atomic mass is 32.2. The molecule has 4 aliphatic rings. The Kier molecular flexibility index (Phi) is 2.46. The van der Waals surface area contributed by atoms with E-state index in [9.17, 15) is 0 Å². The summed E-state index contributed by atoms with van der Waals surface area (Å²) in [5, 5.41) is 4.89. The fraction of sp³-hybridized carbons (Fsp3) is 0.929. The van der Waals surface area contributed by atoms with Crippen LogP contribution in [0.1, 0.15) is 39.0 Å². The zero-order valence-electron chi connectivity index (χ0n) is 10.6. The highest BCUT2D eigenvalue weighted by Gasteiger charge is 2.65. The molecule has 17 heavy (non-hydrogen) atoms. The SMILES string of the molecule is CCC1CCSC(=NC2C3C4CCC(C4)C23)N1. The number of fused-ring (bicyclic) bond motifs is 5. The van der Waals surface area contributed by atoms with Crippen molar-refractivity contribution in [1.29, 1.82) is 0 Å². The van der Waals surface area contributed by atoms with Gasteiger partial charge in [0, 0.05) is 11.8 Å². The van der Waals surface area contributed by atoms with Crippen LogP contribution in [0.4, 0.5) is 0 Å². The van der Waals surface area contributed by atoms with E-state index in [1.165, 1.54) is 43.0 Å². The van der Waals surface area contributed by atoms with Crippen LogP contribution in [-0.2, 0) is 0 Å². The van der Waals surface area contributed by atoms with Gasteiger partial charge in [-0.25, -0.2) is 0 Å². The molecule has 94 valence electrons. The maximum absolute atomic E-state index is 5.04. The van der Waals surface area contributed by atoms with Gasteiger partial charge in [-0.3, -0.25) is 4.99 Å². The van der Waals surface area contributed by atoms with Gasteiger partial charge >= 0.3 is 0 Å². The van der Waals surface area contributed by atoms with Gasteiger partial charge < -0.3 is 5.32 Å². The first kappa shape index (κ1) is 10.7. The van der Waals surface area contributed by atoms with Gasteiger partial charge in [0.2, 0.25) is 0 Å². The van der Waals surface area contributed by atoms with Crippen molar-refractivity contribution in [3.63, 3.8) is 0 Å². The fourth-order valence-corrected chi connectivity index (χ4v) is 5.60. The Labute approximate surface area is 108 Å². The minimum atomic E-state index is 0.685. The zero-order valence-corrected chi connectivity index (χ0v) is 11.4. The normalized spacial score (nSPS) is 53.6. The van der Waals surface area contributed by atoms with Crippen LogP contribution < -0.4 is 5.32 Å². The van der Waals surface area contributed by atoms with Gasteiger partial charge in [0.25, 0.3) is 0 Å². The van der Waals surface area contributed by atoms with Gasteiger partial charge in [-0.15, -0.1) is 0 Å². The largest absolute Gasteiger partial charge is 0.362 e. The van der Waals surface area contributed by atoms with Crippen molar-refractivity contribution >= 4 is 16.9 Å². The summed E-state index contributed by atoms with van der Waals surface area (Å²) in [6, 6.07) is 1.40. The van der Waals surface area contributed by atoms with Gasteiger partial charge in [-0.1, -0.05) is 18.7 Å². The maximum atomic E-state index is 5.04. The second-order valence-corrected chi connectivity index (χ2v) is 7.38. The van der Waals surface area contributed by atoms with Crippen LogP contribution in [0.5, 0.6) is 0 Å². The van der Waals surface area contributed by atoms with Gasteiger partial charge in [0.1, 0.15) is 0 Å². The van der Waals surface area contributed by atoms with Crippen LogP contribution in [0.25, 0.3) is 0 Å². The van der Waals surface area contributed by atoms with Crippen LogP contribution in [-0.4, -0.2) is 23.0 Å². The third-order valence-corrected chi connectivity index (χ3v) is 6.42. The van der Waals surface area contributed by atoms with E-state index in [0.717, 1.165) is 23.7 Å². The van der Waals surface area contributed by atoms with E-state index in [1.54, 1.807) is 0 Å². The highest BCUT2D eigenvalue weighted by molar-refractivity contribution is 8.13. The topological polar surface area (TPSA) is 24.4 Å². The minimum Gasteiger partial charge on any atom is -0.362 e. The molecule has 1 heterocycles. The van der Waals surface area contributed by atoms with Crippen molar-refractivity contribution in [1.82, 2.24) is 5.32 Å². The molecule has 5 unspecified atom stereocenters. The summed E-state index contributed by atoms with van der Waals surface area (Å²) in [6.45, 7) is 2.28. The van der Waals surface area contributed by atoms with Crippen molar-refractivity contribution in [2.24, 2.45) is 28.7 Å². The van der Waals surface area contributed by atoms with Crippen LogP contribution in [0.15, 0.2) is 4.99 Å². The van der Waals surface area contributed by atoms with Gasteiger partial charge in [-0.2, -0.15) is 0 Å². The van der Waals surface area contributed by atoms with Crippen LogP contribution in [0.3, 0.4) is 0 Å². The third kappa shape index (κ3) is 1.65. The Hall–Kier alpha value is -0.180. The first-order valence-electron chi connectivity index (χ1n) is 7.34. The molecule has 1 saturated heterocycles. The Morgan fingerprint density at radius 1 is 1.24 bits per heavy atom. The molecule has 0 aromatic rings. The minimum absolute atomic E-state index is 0.685. The molecule has 1 N–H and O–H groups in total. The van der Waals surface area contributed by atoms with E-state index < -0.39 is 0 Å². The third-order valence-electron chi connectivity index (χ3n) is 5.49. The number of rotatable bonds is 2. The molecule has 0 aromatic carbocycles. The highest BCUT2D eigenvalue weighted by Crippen LogP contribution is 2.67. The lowest BCUT2D eigenvalue weighted by Crippen LogP contribution is -2.37. The summed E-state index contributed by atoms with van der Waals surface area (Å²) in [6.07, 6.45) is 7.09. The number of nitrogens with one attached hydrogen (secondary N) is 1. The monoisotopic (exact) mass is 250 g/mol. The van der Waals surface area contributed by atoms with Crippen molar-refractivity contribution in [2.75, 3.05) is 5.75 Å². The fourth-order valence-electron chi connectivity index (χ4n) is 4.55. The summed E-state index contributed by atoms with van der Waals surface area (Å²) in [5.41, 5.74) is 0. The molecule has 0 spiro atoms. The van der Waals surface area contributed by atoms with Gasteiger partial charge in [-0.05, 0) is 55.8 Å². The molecule has 2 nitrogen and oxygen atoms in total. The molecular formula is C14H22N2S. The molecule has 0 amide bonds. The van der Waals surface area contributed by atoms with E-state index in [1.807, 2.05) is 11.8 Å². The molecule has 1 aliphatic heterocycles. The first-order chi connectivity index (χ1) is 8.36. The standard InChI is InChI=1S/C14H22N2S/c1-2-10-5-6-17-14(15-10)16-13-11-8-3-4-9(7-8)12(11)13/h8-13H,2-7H2,1H3,(H,15,16). The molecular weight excluding hydrogens is 228 g/mol. The van der Waals surface area contributed by atoms with E-state index in [2.05, 4.69) is 12.2 Å². The number of hydrogen-bond acceptors (Lipinski definition) is 2.